The molecule has 0 amide bonds. The first-order chi connectivity index (χ1) is 5.97. The molecule has 0 heterocycles. The summed E-state index contributed by atoms with van der Waals surface area (Å²) >= 11 is 0. The molecule has 0 saturated heterocycles. The van der Waals surface area contributed by atoms with Crippen LogP contribution in [0.25, 0.3) is 0 Å². The van der Waals surface area contributed by atoms with Crippen LogP contribution in [-0.4, -0.2) is 30.6 Å². The van der Waals surface area contributed by atoms with Crippen LogP contribution < -0.4 is 5.32 Å². The fourth-order valence-corrected chi connectivity index (χ4v) is 0.433. The second kappa shape index (κ2) is 14.1. The first-order valence-electron chi connectivity index (χ1n) is 4.78. The number of carbonyl (C=O) groups excluding carboxylic acids is 1. The molecule has 3 nitrogen and oxygen atoms in total. The van der Waals surface area contributed by atoms with Crippen molar-refractivity contribution in [1.29, 1.82) is 0 Å². The lowest BCUT2D eigenvalue weighted by atomic mass is 10.1. The minimum atomic E-state index is -0.561. The van der Waals surface area contributed by atoms with Gasteiger partial charge in [0.1, 0.15) is 6.29 Å². The van der Waals surface area contributed by atoms with E-state index in [0.29, 0.717) is 13.0 Å². The van der Waals surface area contributed by atoms with Gasteiger partial charge in [-0.15, -0.1) is 0 Å². The number of rotatable bonds is 3. The smallest absolute Gasteiger partial charge is 0.119 e. The summed E-state index contributed by atoms with van der Waals surface area (Å²) in [6, 6.07) is 0. The van der Waals surface area contributed by atoms with Crippen molar-refractivity contribution >= 4 is 6.29 Å². The Morgan fingerprint density at radius 3 is 1.69 bits per heavy atom. The van der Waals surface area contributed by atoms with E-state index in [1.165, 1.54) is 0 Å². The summed E-state index contributed by atoms with van der Waals surface area (Å²) in [5.41, 5.74) is -0.561. The highest BCUT2D eigenvalue weighted by molar-refractivity contribution is 5.48. The van der Waals surface area contributed by atoms with Crippen LogP contribution in [0.15, 0.2) is 0 Å². The number of carbonyl (C=O) groups is 1. The number of aliphatic hydroxyl groups is 1. The van der Waals surface area contributed by atoms with Gasteiger partial charge in [-0.3, -0.25) is 0 Å². The van der Waals surface area contributed by atoms with Gasteiger partial charge in [0, 0.05) is 13.0 Å². The molecule has 0 aromatic heterocycles. The number of nitrogens with one attached hydrogen (secondary N) is 1. The Bertz CT molecular complexity index is 87.4. The topological polar surface area (TPSA) is 49.3 Å². The van der Waals surface area contributed by atoms with Gasteiger partial charge in [0.05, 0.1) is 5.60 Å². The zero-order chi connectivity index (χ0) is 11.3. The van der Waals surface area contributed by atoms with Crippen LogP contribution in [0.3, 0.4) is 0 Å². The highest BCUT2D eigenvalue weighted by atomic mass is 16.3. The van der Waals surface area contributed by atoms with Gasteiger partial charge >= 0.3 is 0 Å². The molecule has 0 saturated carbocycles. The highest BCUT2D eigenvalue weighted by Gasteiger charge is 2.08. The lowest BCUT2D eigenvalue weighted by Gasteiger charge is -2.14. The third-order valence-electron chi connectivity index (χ3n) is 0.776. The molecule has 0 rings (SSSR count). The van der Waals surface area contributed by atoms with Gasteiger partial charge in [-0.05, 0) is 20.9 Å². The maximum Gasteiger partial charge on any atom is 0.119 e. The molecular formula is C10H25NO2. The Morgan fingerprint density at radius 2 is 1.69 bits per heavy atom. The van der Waals surface area contributed by atoms with Gasteiger partial charge in [-0.25, -0.2) is 0 Å². The minimum absolute atomic E-state index is 0.561. The number of likely N-dealkylation sites (N-methyl/N-ethyl adjacent to an activating group) is 1. The first kappa shape index (κ1) is 18.4. The van der Waals surface area contributed by atoms with Crippen LogP contribution in [0.4, 0.5) is 0 Å². The predicted molar refractivity (Wildman–Crippen MR) is 57.9 cm³/mol. The Kier molecular flexibility index (Phi) is 20.0. The van der Waals surface area contributed by atoms with E-state index >= 15 is 0 Å². The van der Waals surface area contributed by atoms with Crippen molar-refractivity contribution in [3.05, 3.63) is 0 Å². The van der Waals surface area contributed by atoms with E-state index in [4.69, 9.17) is 5.11 Å². The zero-order valence-corrected chi connectivity index (χ0v) is 9.85. The maximum absolute atomic E-state index is 9.17. The highest BCUT2D eigenvalue weighted by Crippen LogP contribution is 1.95. The van der Waals surface area contributed by atoms with Gasteiger partial charge in [0.15, 0.2) is 0 Å². The molecule has 0 bridgehead atoms. The molecule has 0 aliphatic heterocycles. The second-order valence-corrected chi connectivity index (χ2v) is 2.92. The summed E-state index contributed by atoms with van der Waals surface area (Å²) in [6.07, 6.45) is 1.51. The number of hydrogen-bond donors (Lipinski definition) is 2. The SMILES string of the molecule is CC.CCC=O.CNCC(C)(C)O. The fourth-order valence-electron chi connectivity index (χ4n) is 0.433. The van der Waals surface area contributed by atoms with Crippen molar-refractivity contribution < 1.29 is 9.90 Å². The van der Waals surface area contributed by atoms with Crippen molar-refractivity contribution in [2.75, 3.05) is 13.6 Å². The monoisotopic (exact) mass is 191 g/mol. The van der Waals surface area contributed by atoms with E-state index in [2.05, 4.69) is 5.32 Å². The largest absolute Gasteiger partial charge is 0.389 e. The second-order valence-electron chi connectivity index (χ2n) is 2.92. The average Bonchev–Trinajstić information content (AvgIpc) is 2.07. The quantitative estimate of drug-likeness (QED) is 0.666. The molecular weight excluding hydrogens is 166 g/mol. The lowest BCUT2D eigenvalue weighted by molar-refractivity contribution is -0.107. The van der Waals surface area contributed by atoms with Crippen LogP contribution in [-0.2, 0) is 4.79 Å². The molecule has 0 atom stereocenters. The van der Waals surface area contributed by atoms with Crippen LogP contribution in [0, 0.1) is 0 Å². The maximum atomic E-state index is 9.17. The van der Waals surface area contributed by atoms with Crippen LogP contribution >= 0.6 is 0 Å². The third-order valence-corrected chi connectivity index (χ3v) is 0.776. The van der Waals surface area contributed by atoms with Gasteiger partial charge in [0.2, 0.25) is 0 Å². The summed E-state index contributed by atoms with van der Waals surface area (Å²) in [6.45, 7) is 9.99. The Labute approximate surface area is 82.5 Å². The van der Waals surface area contributed by atoms with Crippen molar-refractivity contribution in [3.8, 4) is 0 Å². The molecule has 0 radical (unpaired) electrons. The van der Waals surface area contributed by atoms with Crippen LogP contribution in [0.1, 0.15) is 41.0 Å². The normalized spacial score (nSPS) is 8.85. The Balaban J connectivity index is -0.000000142. The fraction of sp³-hybridized carbons (Fsp3) is 0.900. The molecule has 13 heavy (non-hydrogen) atoms. The van der Waals surface area contributed by atoms with E-state index in [1.54, 1.807) is 13.8 Å². The first-order valence-corrected chi connectivity index (χ1v) is 4.78. The number of aldehydes is 1. The van der Waals surface area contributed by atoms with Crippen LogP contribution in [0.5, 0.6) is 0 Å². The zero-order valence-electron chi connectivity index (χ0n) is 9.85. The van der Waals surface area contributed by atoms with Crippen molar-refractivity contribution in [2.24, 2.45) is 0 Å². The third kappa shape index (κ3) is 50.6. The molecule has 0 aromatic carbocycles. The molecule has 3 heteroatoms. The van der Waals surface area contributed by atoms with Gasteiger partial charge in [-0.2, -0.15) is 0 Å². The molecule has 0 unspecified atom stereocenters. The Hall–Kier alpha value is -0.410. The standard InChI is InChI=1S/C5H13NO.C3H6O.C2H6/c1-5(2,7)4-6-3;1-2-3-4;1-2/h6-7H,4H2,1-3H3;3H,2H2,1H3;1-2H3. The molecule has 0 aromatic rings. The summed E-state index contributed by atoms with van der Waals surface area (Å²) in [7, 11) is 1.82. The predicted octanol–water partition coefficient (Wildman–Crippen LogP) is 1.60. The van der Waals surface area contributed by atoms with E-state index in [0.717, 1.165) is 6.29 Å². The van der Waals surface area contributed by atoms with Crippen molar-refractivity contribution in [1.82, 2.24) is 5.32 Å². The number of hydrogen-bond acceptors (Lipinski definition) is 3. The van der Waals surface area contributed by atoms with Crippen molar-refractivity contribution in [3.63, 3.8) is 0 Å². The molecule has 0 aliphatic carbocycles. The van der Waals surface area contributed by atoms with E-state index in [9.17, 15) is 4.79 Å². The minimum Gasteiger partial charge on any atom is -0.389 e. The molecule has 0 fully saturated rings. The molecule has 2 N–H and O–H groups in total. The molecule has 82 valence electrons. The summed E-state index contributed by atoms with van der Waals surface area (Å²) in [5, 5.41) is 11.8. The summed E-state index contributed by atoms with van der Waals surface area (Å²) < 4.78 is 0. The Morgan fingerprint density at radius 1 is 1.38 bits per heavy atom. The summed E-state index contributed by atoms with van der Waals surface area (Å²) in [4.78, 5) is 9.17. The van der Waals surface area contributed by atoms with Gasteiger partial charge < -0.3 is 15.2 Å². The molecule has 0 aliphatic rings. The van der Waals surface area contributed by atoms with Gasteiger partial charge in [0.25, 0.3) is 0 Å². The van der Waals surface area contributed by atoms with Crippen LogP contribution in [0.2, 0.25) is 0 Å². The summed E-state index contributed by atoms with van der Waals surface area (Å²) in [5.74, 6) is 0. The van der Waals surface area contributed by atoms with E-state index < -0.39 is 5.60 Å². The van der Waals surface area contributed by atoms with E-state index in [-0.39, 0.29) is 0 Å². The van der Waals surface area contributed by atoms with E-state index in [1.807, 2.05) is 27.8 Å². The lowest BCUT2D eigenvalue weighted by Crippen LogP contribution is -2.32. The molecule has 0 spiro atoms. The average molecular weight is 191 g/mol. The van der Waals surface area contributed by atoms with Gasteiger partial charge in [-0.1, -0.05) is 20.8 Å². The van der Waals surface area contributed by atoms with Crippen molar-refractivity contribution in [2.45, 2.75) is 46.6 Å².